The van der Waals surface area contributed by atoms with Crippen molar-refractivity contribution >= 4 is 22.4 Å². The number of amides is 2. The average Bonchev–Trinajstić information content (AvgIpc) is 2.83. The molecule has 0 unspecified atom stereocenters. The van der Waals surface area contributed by atoms with Gasteiger partial charge in [-0.1, -0.05) is 0 Å². The van der Waals surface area contributed by atoms with Gasteiger partial charge in [-0.2, -0.15) is 0 Å². The highest BCUT2D eigenvalue weighted by Gasteiger charge is 2.23. The fourth-order valence-corrected chi connectivity index (χ4v) is 1.90. The minimum Gasteiger partial charge on any atom is -0.335 e. The molecule has 0 radical (unpaired) electrons. The molecule has 4 N–H and O–H groups in total. The lowest BCUT2D eigenvalue weighted by atomic mass is 10.5. The molecule has 0 saturated heterocycles. The molecule has 2 rings (SSSR count). The molecular weight excluding hydrogens is 198 g/mol. The molecule has 1 heterocycles. The first-order valence-corrected chi connectivity index (χ1v) is 5.46. The number of hydrogen-bond acceptors (Lipinski definition) is 3. The molecule has 0 aromatic carbocycles. The lowest BCUT2D eigenvalue weighted by Crippen LogP contribution is -2.29. The van der Waals surface area contributed by atoms with Crippen LogP contribution in [0, 0.1) is 0 Å². The van der Waals surface area contributed by atoms with E-state index in [4.69, 9.17) is 5.73 Å². The lowest BCUT2D eigenvalue weighted by molar-refractivity contribution is 0.252. The van der Waals surface area contributed by atoms with E-state index in [0.717, 1.165) is 22.7 Å². The summed E-state index contributed by atoms with van der Waals surface area (Å²) in [6, 6.07) is 4.08. The molecule has 1 aliphatic rings. The number of nitrogens with one attached hydrogen (secondary N) is 2. The first-order valence-electron chi connectivity index (χ1n) is 4.64. The zero-order valence-corrected chi connectivity index (χ0v) is 8.56. The summed E-state index contributed by atoms with van der Waals surface area (Å²) < 4.78 is 0. The van der Waals surface area contributed by atoms with Crippen molar-refractivity contribution in [1.82, 2.24) is 5.32 Å². The van der Waals surface area contributed by atoms with Crippen molar-refractivity contribution in [3.63, 3.8) is 0 Å². The number of carbonyl (C=O) groups is 1. The van der Waals surface area contributed by atoms with Crippen LogP contribution in [0.2, 0.25) is 0 Å². The summed E-state index contributed by atoms with van der Waals surface area (Å²) in [5.74, 6) is 0. The molecule has 1 saturated carbocycles. The highest BCUT2D eigenvalue weighted by molar-refractivity contribution is 7.16. The molecular formula is C9H13N3OS. The molecule has 1 aliphatic carbocycles. The van der Waals surface area contributed by atoms with Crippen LogP contribution in [-0.4, -0.2) is 12.1 Å². The van der Waals surface area contributed by atoms with Gasteiger partial charge in [0.25, 0.3) is 0 Å². The van der Waals surface area contributed by atoms with Gasteiger partial charge in [-0.05, 0) is 25.0 Å². The fourth-order valence-electron chi connectivity index (χ4n) is 1.12. The van der Waals surface area contributed by atoms with E-state index in [0.29, 0.717) is 12.6 Å². The predicted molar refractivity (Wildman–Crippen MR) is 57.4 cm³/mol. The van der Waals surface area contributed by atoms with Gasteiger partial charge in [-0.3, -0.25) is 5.32 Å². The molecule has 76 valence electrons. The van der Waals surface area contributed by atoms with Crippen molar-refractivity contribution in [1.29, 1.82) is 0 Å². The maximum absolute atomic E-state index is 11.3. The van der Waals surface area contributed by atoms with Crippen LogP contribution in [0.1, 0.15) is 17.7 Å². The second kappa shape index (κ2) is 3.98. The van der Waals surface area contributed by atoms with E-state index < -0.39 is 0 Å². The molecule has 5 heteroatoms. The summed E-state index contributed by atoms with van der Waals surface area (Å²) in [7, 11) is 0. The van der Waals surface area contributed by atoms with Crippen molar-refractivity contribution in [2.75, 3.05) is 5.32 Å². The van der Waals surface area contributed by atoms with E-state index in [2.05, 4.69) is 10.6 Å². The van der Waals surface area contributed by atoms with Crippen LogP contribution in [0.3, 0.4) is 0 Å². The van der Waals surface area contributed by atoms with Gasteiger partial charge < -0.3 is 11.1 Å². The van der Waals surface area contributed by atoms with Crippen molar-refractivity contribution in [3.8, 4) is 0 Å². The highest BCUT2D eigenvalue weighted by Crippen LogP contribution is 2.22. The Morgan fingerprint density at radius 1 is 1.57 bits per heavy atom. The van der Waals surface area contributed by atoms with Gasteiger partial charge in [0.05, 0.1) is 5.00 Å². The van der Waals surface area contributed by atoms with Gasteiger partial charge in [0.2, 0.25) is 0 Å². The average molecular weight is 211 g/mol. The third-order valence-corrected chi connectivity index (χ3v) is 3.04. The Balaban J connectivity index is 1.85. The molecule has 1 fully saturated rings. The summed E-state index contributed by atoms with van der Waals surface area (Å²) in [6.07, 6.45) is 2.21. The molecule has 0 spiro atoms. The van der Waals surface area contributed by atoms with Crippen LogP contribution in [0.5, 0.6) is 0 Å². The standard InChI is InChI=1S/C9H13N3OS/c10-5-7-3-4-8(14-7)12-9(13)11-6-1-2-6/h3-4,6H,1-2,5,10H2,(H2,11,12,13). The summed E-state index contributed by atoms with van der Waals surface area (Å²) in [5, 5.41) is 6.49. The Kier molecular flexibility index (Phi) is 2.69. The summed E-state index contributed by atoms with van der Waals surface area (Å²) in [5.41, 5.74) is 5.47. The summed E-state index contributed by atoms with van der Waals surface area (Å²) in [6.45, 7) is 0.524. The van der Waals surface area contributed by atoms with Gasteiger partial charge in [-0.15, -0.1) is 11.3 Å². The number of rotatable bonds is 3. The normalized spacial score (nSPS) is 15.2. The smallest absolute Gasteiger partial charge is 0.320 e. The van der Waals surface area contributed by atoms with Crippen LogP contribution in [0.15, 0.2) is 12.1 Å². The van der Waals surface area contributed by atoms with Crippen molar-refractivity contribution in [2.45, 2.75) is 25.4 Å². The zero-order valence-electron chi connectivity index (χ0n) is 7.75. The van der Waals surface area contributed by atoms with E-state index in [1.54, 1.807) is 0 Å². The van der Waals surface area contributed by atoms with Gasteiger partial charge >= 0.3 is 6.03 Å². The molecule has 14 heavy (non-hydrogen) atoms. The van der Waals surface area contributed by atoms with E-state index in [9.17, 15) is 4.79 Å². The Morgan fingerprint density at radius 3 is 2.93 bits per heavy atom. The monoisotopic (exact) mass is 211 g/mol. The number of thiophene rings is 1. The minimum absolute atomic E-state index is 0.113. The Hall–Kier alpha value is -1.07. The minimum atomic E-state index is -0.113. The molecule has 0 atom stereocenters. The summed E-state index contributed by atoms with van der Waals surface area (Å²) >= 11 is 1.51. The molecule has 0 bridgehead atoms. The maximum atomic E-state index is 11.3. The van der Waals surface area contributed by atoms with E-state index in [1.165, 1.54) is 11.3 Å². The molecule has 1 aromatic rings. The summed E-state index contributed by atoms with van der Waals surface area (Å²) in [4.78, 5) is 12.4. The number of hydrogen-bond donors (Lipinski definition) is 3. The first kappa shape index (κ1) is 9.48. The predicted octanol–water partition coefficient (Wildman–Crippen LogP) is 1.49. The zero-order chi connectivity index (χ0) is 9.97. The Bertz CT molecular complexity index is 333. The fraction of sp³-hybridized carbons (Fsp3) is 0.444. The number of nitrogens with two attached hydrogens (primary N) is 1. The first-order chi connectivity index (χ1) is 6.78. The van der Waals surface area contributed by atoms with Crippen LogP contribution >= 0.6 is 11.3 Å². The number of urea groups is 1. The second-order valence-corrected chi connectivity index (χ2v) is 4.51. The lowest BCUT2D eigenvalue weighted by Gasteiger charge is -2.02. The van der Waals surface area contributed by atoms with E-state index >= 15 is 0 Å². The number of anilines is 1. The van der Waals surface area contributed by atoms with Gasteiger partial charge in [-0.25, -0.2) is 4.79 Å². The van der Waals surface area contributed by atoms with Crippen LogP contribution in [-0.2, 0) is 6.54 Å². The molecule has 2 amide bonds. The van der Waals surface area contributed by atoms with Gasteiger partial charge in [0.1, 0.15) is 0 Å². The SMILES string of the molecule is NCc1ccc(NC(=O)NC2CC2)s1. The quantitative estimate of drug-likeness (QED) is 0.709. The van der Waals surface area contributed by atoms with Crippen LogP contribution in [0.25, 0.3) is 0 Å². The highest BCUT2D eigenvalue weighted by atomic mass is 32.1. The second-order valence-electron chi connectivity index (χ2n) is 3.34. The largest absolute Gasteiger partial charge is 0.335 e. The third kappa shape index (κ3) is 2.46. The van der Waals surface area contributed by atoms with Crippen LogP contribution in [0.4, 0.5) is 9.80 Å². The molecule has 0 aliphatic heterocycles. The van der Waals surface area contributed by atoms with Crippen molar-refractivity contribution in [2.24, 2.45) is 5.73 Å². The Morgan fingerprint density at radius 2 is 2.36 bits per heavy atom. The van der Waals surface area contributed by atoms with Crippen molar-refractivity contribution < 1.29 is 4.79 Å². The maximum Gasteiger partial charge on any atom is 0.320 e. The van der Waals surface area contributed by atoms with Crippen molar-refractivity contribution in [3.05, 3.63) is 17.0 Å². The van der Waals surface area contributed by atoms with Gasteiger partial charge in [0, 0.05) is 17.5 Å². The molecule has 1 aromatic heterocycles. The third-order valence-electron chi connectivity index (χ3n) is 2.01. The number of carbonyl (C=O) groups excluding carboxylic acids is 1. The Labute approximate surface area is 86.5 Å². The van der Waals surface area contributed by atoms with Crippen LogP contribution < -0.4 is 16.4 Å². The van der Waals surface area contributed by atoms with E-state index in [1.807, 2.05) is 12.1 Å². The topological polar surface area (TPSA) is 67.1 Å². The molecule has 4 nitrogen and oxygen atoms in total. The van der Waals surface area contributed by atoms with E-state index in [-0.39, 0.29) is 6.03 Å². The van der Waals surface area contributed by atoms with Gasteiger partial charge in [0.15, 0.2) is 0 Å².